The van der Waals surface area contributed by atoms with Crippen molar-refractivity contribution in [1.29, 1.82) is 0 Å². The summed E-state index contributed by atoms with van der Waals surface area (Å²) in [5.74, 6) is 1.46. The molecule has 3 heteroatoms. The van der Waals surface area contributed by atoms with E-state index in [1.165, 1.54) is 12.0 Å². The molecule has 0 aliphatic rings. The van der Waals surface area contributed by atoms with Crippen LogP contribution in [0.3, 0.4) is 0 Å². The van der Waals surface area contributed by atoms with Crippen LogP contribution in [-0.2, 0) is 18.8 Å². The van der Waals surface area contributed by atoms with Crippen molar-refractivity contribution in [1.82, 2.24) is 9.55 Å². The first-order valence-electron chi connectivity index (χ1n) is 6.00. The third-order valence-electron chi connectivity index (χ3n) is 2.88. The van der Waals surface area contributed by atoms with Gasteiger partial charge in [0.25, 0.3) is 0 Å². The fourth-order valence-corrected chi connectivity index (χ4v) is 2.15. The Balaban J connectivity index is 1.73. The monoisotopic (exact) mass is 248 g/mol. The molecule has 0 aliphatic carbocycles. The van der Waals surface area contributed by atoms with Gasteiger partial charge in [0.05, 0.1) is 5.88 Å². The first kappa shape index (κ1) is 12.2. The van der Waals surface area contributed by atoms with Crippen LogP contribution in [0.5, 0.6) is 0 Å². The zero-order chi connectivity index (χ0) is 11.9. The Bertz CT molecular complexity index is 436. The molecule has 0 radical (unpaired) electrons. The summed E-state index contributed by atoms with van der Waals surface area (Å²) in [5, 5.41) is 0. The minimum atomic E-state index is 0.492. The molecule has 2 aromatic rings. The van der Waals surface area contributed by atoms with E-state index < -0.39 is 0 Å². The summed E-state index contributed by atoms with van der Waals surface area (Å²) in [4.78, 5) is 4.20. The normalized spacial score (nSPS) is 10.6. The Morgan fingerprint density at radius 1 is 1.12 bits per heavy atom. The lowest BCUT2D eigenvalue weighted by Gasteiger charge is -2.05. The molecule has 1 heterocycles. The highest BCUT2D eigenvalue weighted by Crippen LogP contribution is 2.07. The lowest BCUT2D eigenvalue weighted by atomic mass is 10.1. The molecular weight excluding hydrogens is 232 g/mol. The van der Waals surface area contributed by atoms with E-state index in [4.69, 9.17) is 11.6 Å². The van der Waals surface area contributed by atoms with Gasteiger partial charge < -0.3 is 4.57 Å². The summed E-state index contributed by atoms with van der Waals surface area (Å²) in [5.41, 5.74) is 1.41. The SMILES string of the molecule is ClCc1nccn1CCCCc1ccccc1. The summed E-state index contributed by atoms with van der Waals surface area (Å²) < 4.78 is 2.14. The molecule has 1 aromatic heterocycles. The van der Waals surface area contributed by atoms with Crippen molar-refractivity contribution < 1.29 is 0 Å². The molecule has 0 bridgehead atoms. The van der Waals surface area contributed by atoms with E-state index in [1.807, 2.05) is 12.4 Å². The smallest absolute Gasteiger partial charge is 0.123 e. The van der Waals surface area contributed by atoms with E-state index in [-0.39, 0.29) is 0 Å². The minimum Gasteiger partial charge on any atom is -0.334 e. The van der Waals surface area contributed by atoms with Crippen LogP contribution in [0.2, 0.25) is 0 Å². The number of aromatic nitrogens is 2. The number of hydrogen-bond acceptors (Lipinski definition) is 1. The second kappa shape index (κ2) is 6.45. The standard InChI is InChI=1S/C14H17ClN2/c15-12-14-16-9-11-17(14)10-5-4-8-13-6-2-1-3-7-13/h1-3,6-7,9,11H,4-5,8,10,12H2. The van der Waals surface area contributed by atoms with E-state index in [9.17, 15) is 0 Å². The van der Waals surface area contributed by atoms with Crippen LogP contribution in [0.15, 0.2) is 42.7 Å². The van der Waals surface area contributed by atoms with Crippen LogP contribution in [0, 0.1) is 0 Å². The molecule has 17 heavy (non-hydrogen) atoms. The van der Waals surface area contributed by atoms with Crippen LogP contribution in [0.1, 0.15) is 24.2 Å². The van der Waals surface area contributed by atoms with Gasteiger partial charge in [0.2, 0.25) is 0 Å². The molecular formula is C14H17ClN2. The van der Waals surface area contributed by atoms with Gasteiger partial charge in [0.1, 0.15) is 5.82 Å². The number of benzene rings is 1. The van der Waals surface area contributed by atoms with Gasteiger partial charge >= 0.3 is 0 Å². The summed E-state index contributed by atoms with van der Waals surface area (Å²) in [6, 6.07) is 10.6. The van der Waals surface area contributed by atoms with Crippen LogP contribution in [-0.4, -0.2) is 9.55 Å². The van der Waals surface area contributed by atoms with Crippen molar-refractivity contribution in [3.05, 3.63) is 54.1 Å². The van der Waals surface area contributed by atoms with Crippen molar-refractivity contribution in [2.24, 2.45) is 0 Å². The van der Waals surface area contributed by atoms with Gasteiger partial charge in [0, 0.05) is 18.9 Å². The highest BCUT2D eigenvalue weighted by Gasteiger charge is 2.00. The van der Waals surface area contributed by atoms with Gasteiger partial charge in [-0.1, -0.05) is 30.3 Å². The average molecular weight is 249 g/mol. The Labute approximate surface area is 107 Å². The van der Waals surface area contributed by atoms with Crippen LogP contribution >= 0.6 is 11.6 Å². The number of halogens is 1. The van der Waals surface area contributed by atoms with Crippen molar-refractivity contribution in [2.45, 2.75) is 31.7 Å². The zero-order valence-corrected chi connectivity index (χ0v) is 10.6. The predicted molar refractivity (Wildman–Crippen MR) is 71.2 cm³/mol. The van der Waals surface area contributed by atoms with Gasteiger partial charge in [-0.15, -0.1) is 11.6 Å². The van der Waals surface area contributed by atoms with Crippen LogP contribution < -0.4 is 0 Å². The highest BCUT2D eigenvalue weighted by molar-refractivity contribution is 6.16. The number of imidazole rings is 1. The fraction of sp³-hybridized carbons (Fsp3) is 0.357. The molecule has 0 unspecified atom stereocenters. The number of hydrogen-bond donors (Lipinski definition) is 0. The van der Waals surface area contributed by atoms with Crippen molar-refractivity contribution in [3.8, 4) is 0 Å². The quantitative estimate of drug-likeness (QED) is 0.564. The van der Waals surface area contributed by atoms with E-state index >= 15 is 0 Å². The van der Waals surface area contributed by atoms with Gasteiger partial charge in [-0.05, 0) is 24.8 Å². The molecule has 90 valence electrons. The minimum absolute atomic E-state index is 0.492. The second-order valence-corrected chi connectivity index (χ2v) is 4.38. The van der Waals surface area contributed by atoms with Crippen molar-refractivity contribution in [2.75, 3.05) is 0 Å². The molecule has 0 saturated carbocycles. The van der Waals surface area contributed by atoms with Gasteiger partial charge in [-0.2, -0.15) is 0 Å². The molecule has 0 fully saturated rings. The number of rotatable bonds is 6. The van der Waals surface area contributed by atoms with Crippen molar-refractivity contribution >= 4 is 11.6 Å². The number of aryl methyl sites for hydroxylation is 2. The fourth-order valence-electron chi connectivity index (χ4n) is 1.93. The number of alkyl halides is 1. The van der Waals surface area contributed by atoms with Crippen molar-refractivity contribution in [3.63, 3.8) is 0 Å². The molecule has 2 nitrogen and oxygen atoms in total. The maximum absolute atomic E-state index is 5.80. The molecule has 0 saturated heterocycles. The summed E-state index contributed by atoms with van der Waals surface area (Å²) in [7, 11) is 0. The van der Waals surface area contributed by atoms with E-state index in [2.05, 4.69) is 39.9 Å². The largest absolute Gasteiger partial charge is 0.334 e. The first-order chi connectivity index (χ1) is 8.40. The Kier molecular flexibility index (Phi) is 4.63. The highest BCUT2D eigenvalue weighted by atomic mass is 35.5. The lowest BCUT2D eigenvalue weighted by molar-refractivity contribution is 0.594. The third-order valence-corrected chi connectivity index (χ3v) is 3.12. The van der Waals surface area contributed by atoms with Gasteiger partial charge in [0.15, 0.2) is 0 Å². The predicted octanol–water partition coefficient (Wildman–Crippen LogP) is 3.64. The van der Waals surface area contributed by atoms with E-state index in [0.717, 1.165) is 25.2 Å². The Morgan fingerprint density at radius 3 is 2.71 bits per heavy atom. The first-order valence-corrected chi connectivity index (χ1v) is 6.53. The number of unbranched alkanes of at least 4 members (excludes halogenated alkanes) is 1. The maximum Gasteiger partial charge on any atom is 0.123 e. The average Bonchev–Trinajstić information content (AvgIpc) is 2.83. The maximum atomic E-state index is 5.80. The summed E-state index contributed by atoms with van der Waals surface area (Å²) >= 11 is 5.80. The molecule has 0 spiro atoms. The molecule has 0 atom stereocenters. The molecule has 0 amide bonds. The van der Waals surface area contributed by atoms with Gasteiger partial charge in [-0.25, -0.2) is 4.98 Å². The molecule has 0 N–H and O–H groups in total. The van der Waals surface area contributed by atoms with E-state index in [0.29, 0.717) is 5.88 Å². The van der Waals surface area contributed by atoms with Crippen LogP contribution in [0.4, 0.5) is 0 Å². The topological polar surface area (TPSA) is 17.8 Å². The molecule has 0 aliphatic heterocycles. The lowest BCUT2D eigenvalue weighted by Crippen LogP contribution is -2.01. The van der Waals surface area contributed by atoms with Crippen LogP contribution in [0.25, 0.3) is 0 Å². The van der Waals surface area contributed by atoms with E-state index in [1.54, 1.807) is 0 Å². The number of nitrogens with zero attached hydrogens (tertiary/aromatic N) is 2. The summed E-state index contributed by atoms with van der Waals surface area (Å²) in [6.07, 6.45) is 7.32. The molecule has 1 aromatic carbocycles. The zero-order valence-electron chi connectivity index (χ0n) is 9.85. The summed E-state index contributed by atoms with van der Waals surface area (Å²) in [6.45, 7) is 1.01. The van der Waals surface area contributed by atoms with Gasteiger partial charge in [-0.3, -0.25) is 0 Å². The Hall–Kier alpha value is -1.28. The molecule has 2 rings (SSSR count). The second-order valence-electron chi connectivity index (χ2n) is 4.11. The third kappa shape index (κ3) is 3.60. The Morgan fingerprint density at radius 2 is 1.94 bits per heavy atom.